The quantitative estimate of drug-likeness (QED) is 0.0779. The van der Waals surface area contributed by atoms with Crippen LogP contribution >= 0.6 is 0 Å². The molecule has 3 atom stereocenters. The van der Waals surface area contributed by atoms with Crippen molar-refractivity contribution in [2.45, 2.75) is 83.9 Å². The van der Waals surface area contributed by atoms with E-state index in [-0.39, 0.29) is 25.7 Å². The van der Waals surface area contributed by atoms with Crippen LogP contribution in [0.4, 0.5) is 0 Å². The zero-order valence-corrected chi connectivity index (χ0v) is 32.9. The molecule has 0 spiro atoms. The minimum Gasteiger partial charge on any atom is -0.481 e. The van der Waals surface area contributed by atoms with Crippen LogP contribution in [0.5, 0.6) is 0 Å². The maximum Gasteiger partial charge on any atom is 0.305 e. The third-order valence-electron chi connectivity index (χ3n) is 10.3. The predicted octanol–water partition coefficient (Wildman–Crippen LogP) is 3.01. The minimum absolute atomic E-state index is 0.102. The molecule has 17 nitrogen and oxygen atoms in total. The first-order chi connectivity index (χ1) is 28.0. The van der Waals surface area contributed by atoms with Gasteiger partial charge in [0.1, 0.15) is 18.2 Å². The lowest BCUT2D eigenvalue weighted by molar-refractivity contribution is -0.139. The van der Waals surface area contributed by atoms with Crippen molar-refractivity contribution < 1.29 is 49.3 Å². The van der Waals surface area contributed by atoms with Gasteiger partial charge in [0.2, 0.25) is 11.8 Å². The summed E-state index contributed by atoms with van der Waals surface area (Å²) in [6, 6.07) is -2.43. The van der Waals surface area contributed by atoms with E-state index in [4.69, 9.17) is 25.2 Å². The van der Waals surface area contributed by atoms with Crippen LogP contribution < -0.4 is 21.4 Å². The number of carboxylic acid groups (broad SMARTS) is 2. The highest BCUT2D eigenvalue weighted by molar-refractivity contribution is 6.18. The minimum atomic E-state index is -1.63. The third kappa shape index (κ3) is 9.65. The van der Waals surface area contributed by atoms with E-state index in [1.54, 1.807) is 44.2 Å². The van der Waals surface area contributed by atoms with Crippen LogP contribution in [-0.2, 0) is 28.8 Å². The van der Waals surface area contributed by atoms with Gasteiger partial charge in [-0.1, -0.05) is 12.7 Å². The van der Waals surface area contributed by atoms with Crippen molar-refractivity contribution in [3.63, 3.8) is 0 Å². The molecule has 8 N–H and O–H groups in total. The number of hydroxylamine groups is 1. The molecule has 0 radical (unpaired) electrons. The number of fused-ring (bicyclic) bond motifs is 5. The van der Waals surface area contributed by atoms with Crippen LogP contribution in [0.15, 0.2) is 132 Å². The standard InChI is InChI=1S/C42H45N7O10/c1-6-26-21(2)31-16-36-29(11-12-43-59)42(5,58)37(49-36)18-32-23(4)28(8-10-39(53)45-25(20-51)14-41(56)57)35(48-32)17-34-27(22(3)30(47-34)15-33(26)46-31)7-9-38(52)44-24(19-50)13-40(54)55/h6,11-12,15-20,24-25,43,49,58-59H,1,7-10,13-14H2,2-5H3,(H,44,52)(H,45,53)(H,54,55)(H,56,57)/t24-,25-,42?/m0/s1. The lowest BCUT2D eigenvalue weighted by Gasteiger charge is -2.20. The van der Waals surface area contributed by atoms with Crippen LogP contribution in [0.3, 0.4) is 0 Å². The zero-order chi connectivity index (χ0) is 43.2. The zero-order valence-electron chi connectivity index (χ0n) is 32.9. The summed E-state index contributed by atoms with van der Waals surface area (Å²) in [6.45, 7) is 11.1. The largest absolute Gasteiger partial charge is 0.481 e. The van der Waals surface area contributed by atoms with Crippen molar-refractivity contribution in [1.29, 1.82) is 0 Å². The van der Waals surface area contributed by atoms with E-state index in [1.165, 1.54) is 12.3 Å². The summed E-state index contributed by atoms with van der Waals surface area (Å²) in [5.41, 5.74) is 8.57. The Morgan fingerprint density at radius 2 is 1.32 bits per heavy atom. The highest BCUT2D eigenvalue weighted by Gasteiger charge is 2.39. The van der Waals surface area contributed by atoms with Crippen molar-refractivity contribution in [2.75, 3.05) is 0 Å². The Labute approximate surface area is 339 Å². The monoisotopic (exact) mass is 807 g/mol. The summed E-state index contributed by atoms with van der Waals surface area (Å²) in [5, 5.41) is 47.9. The van der Waals surface area contributed by atoms with E-state index in [0.717, 1.165) is 11.1 Å². The van der Waals surface area contributed by atoms with Gasteiger partial charge in [0.15, 0.2) is 0 Å². The molecule has 0 aromatic carbocycles. The van der Waals surface area contributed by atoms with E-state index in [1.807, 2.05) is 19.3 Å². The van der Waals surface area contributed by atoms with Gasteiger partial charge in [0.05, 0.1) is 64.8 Å². The van der Waals surface area contributed by atoms with Gasteiger partial charge < -0.3 is 40.9 Å². The van der Waals surface area contributed by atoms with Crippen LogP contribution in [0, 0.1) is 0 Å². The number of carboxylic acids is 2. The maximum atomic E-state index is 13.0. The highest BCUT2D eigenvalue weighted by Crippen LogP contribution is 2.40. The summed E-state index contributed by atoms with van der Waals surface area (Å²) >= 11 is 0. The summed E-state index contributed by atoms with van der Waals surface area (Å²) < 4.78 is 0. The number of hydrogen-bond donors (Lipinski definition) is 8. The number of amides is 2. The van der Waals surface area contributed by atoms with Gasteiger partial charge in [-0.3, -0.25) is 29.9 Å². The Kier molecular flexibility index (Phi) is 13.3. The summed E-state index contributed by atoms with van der Waals surface area (Å²) in [6.07, 6.45) is 10.9. The Morgan fingerprint density at radius 3 is 1.88 bits per heavy atom. The molecule has 5 aliphatic rings. The molecule has 17 heteroatoms. The smallest absolute Gasteiger partial charge is 0.305 e. The molecule has 5 rings (SSSR count). The molecule has 1 unspecified atom stereocenters. The molecule has 0 aromatic heterocycles. The van der Waals surface area contributed by atoms with Crippen molar-refractivity contribution in [3.8, 4) is 0 Å². The van der Waals surface area contributed by atoms with Gasteiger partial charge in [0.25, 0.3) is 0 Å². The fraction of sp³-hybridized carbons (Fsp3) is 0.310. The average Bonchev–Trinajstić information content (AvgIpc) is 3.81. The van der Waals surface area contributed by atoms with Gasteiger partial charge in [-0.05, 0) is 98.8 Å². The molecular formula is C42H45N7O10. The number of nitrogens with one attached hydrogen (secondary N) is 4. The van der Waals surface area contributed by atoms with Crippen LogP contribution in [0.2, 0.25) is 0 Å². The van der Waals surface area contributed by atoms with E-state index in [9.17, 15) is 39.1 Å². The number of aliphatic imine (C=N–C) groups is 3. The molecule has 308 valence electrons. The number of aliphatic hydroxyl groups is 1. The molecule has 5 aliphatic heterocycles. The Morgan fingerprint density at radius 1 is 0.780 bits per heavy atom. The van der Waals surface area contributed by atoms with Crippen LogP contribution in [-0.4, -0.2) is 91.7 Å². The molecule has 0 aliphatic carbocycles. The Hall–Kier alpha value is -6.85. The SMILES string of the molecule is C=CC1=C(C)C2=CC3=C(C=CNO)C(C)(O)C(=CC4=NC(=CC5=NC(=CC1=N2)C(C)=C5CCC(=O)N[C@H](C=O)CC(=O)O)C(CCC(=O)N[C@H](C=O)CC(=O)O)=C4C)N3. The van der Waals surface area contributed by atoms with Crippen LogP contribution in [0.1, 0.15) is 66.2 Å². The molecule has 0 saturated heterocycles. The number of aliphatic carboxylic acids is 2. The van der Waals surface area contributed by atoms with E-state index < -0.39 is 54.3 Å². The van der Waals surface area contributed by atoms with Gasteiger partial charge in [-0.15, -0.1) is 0 Å². The second kappa shape index (κ2) is 18.2. The van der Waals surface area contributed by atoms with E-state index in [2.05, 4.69) is 22.5 Å². The fourth-order valence-corrected chi connectivity index (χ4v) is 7.13. The topological polar surface area (TPSA) is 269 Å². The van der Waals surface area contributed by atoms with Crippen molar-refractivity contribution >= 4 is 53.5 Å². The molecule has 2 amide bonds. The second-order valence-electron chi connectivity index (χ2n) is 14.4. The van der Waals surface area contributed by atoms with Gasteiger partial charge in [-0.25, -0.2) is 15.0 Å². The van der Waals surface area contributed by atoms with Crippen molar-refractivity contribution in [1.82, 2.24) is 21.4 Å². The number of carbonyl (C=O) groups is 6. The number of carbonyl (C=O) groups excluding carboxylic acids is 4. The lowest BCUT2D eigenvalue weighted by atomic mass is 9.92. The van der Waals surface area contributed by atoms with Gasteiger partial charge >= 0.3 is 11.9 Å². The molecular weight excluding hydrogens is 763 g/mol. The molecule has 0 fully saturated rings. The predicted molar refractivity (Wildman–Crippen MR) is 217 cm³/mol. The molecule has 0 aromatic rings. The van der Waals surface area contributed by atoms with Crippen molar-refractivity contribution in [3.05, 3.63) is 117 Å². The molecule has 0 saturated carbocycles. The average molecular weight is 808 g/mol. The Balaban J connectivity index is 1.66. The molecule has 8 bridgehead atoms. The number of hydrogen-bond acceptors (Lipinski definition) is 13. The summed E-state index contributed by atoms with van der Waals surface area (Å²) in [7, 11) is 0. The highest BCUT2D eigenvalue weighted by atomic mass is 16.5. The number of allylic oxidation sites excluding steroid dienone is 11. The van der Waals surface area contributed by atoms with E-state index >= 15 is 0 Å². The maximum absolute atomic E-state index is 13.0. The van der Waals surface area contributed by atoms with Crippen LogP contribution in [0.25, 0.3) is 0 Å². The van der Waals surface area contributed by atoms with Crippen molar-refractivity contribution in [2.24, 2.45) is 15.0 Å². The Bertz CT molecular complexity index is 2310. The lowest BCUT2D eigenvalue weighted by Crippen LogP contribution is -2.37. The van der Waals surface area contributed by atoms with E-state index in [0.29, 0.717) is 86.1 Å². The summed E-state index contributed by atoms with van der Waals surface area (Å²) in [4.78, 5) is 86.2. The fourth-order valence-electron chi connectivity index (χ4n) is 7.13. The summed E-state index contributed by atoms with van der Waals surface area (Å²) in [5.74, 6) is -3.61. The molecule has 59 heavy (non-hydrogen) atoms. The number of rotatable bonds is 17. The second-order valence-corrected chi connectivity index (χ2v) is 14.4. The number of aldehydes is 2. The number of nitrogens with zero attached hydrogens (tertiary/aromatic N) is 3. The van der Waals surface area contributed by atoms with Gasteiger partial charge in [-0.2, -0.15) is 0 Å². The first-order valence-electron chi connectivity index (χ1n) is 18.6. The first kappa shape index (κ1) is 43.3. The molecule has 5 heterocycles. The normalized spacial score (nSPS) is 20.8. The first-order valence-corrected chi connectivity index (χ1v) is 18.6. The third-order valence-corrected chi connectivity index (χ3v) is 10.3. The van der Waals surface area contributed by atoms with Gasteiger partial charge in [0, 0.05) is 35.9 Å².